The minimum atomic E-state index is -0.534. The third-order valence-electron chi connectivity index (χ3n) is 3.13. The number of hydrogen-bond donors (Lipinski definition) is 2. The standard InChI is InChI=1S/C16H13N3O4/c1-22-11-8-6-10(7-9-11)15-18-19-16(23-15)17-14(21)12-4-2-3-5-13(12)20/h2-9,20H,1H3,(H,17,19,21). The maximum absolute atomic E-state index is 12.0. The Morgan fingerprint density at radius 2 is 1.87 bits per heavy atom. The summed E-state index contributed by atoms with van der Waals surface area (Å²) in [6.45, 7) is 0. The number of anilines is 1. The number of nitrogens with one attached hydrogen (secondary N) is 1. The molecule has 0 saturated carbocycles. The van der Waals surface area contributed by atoms with E-state index in [1.54, 1.807) is 43.5 Å². The fraction of sp³-hybridized carbons (Fsp3) is 0.0625. The molecule has 0 radical (unpaired) electrons. The van der Waals surface area contributed by atoms with Crippen LogP contribution in [0.25, 0.3) is 11.5 Å². The van der Waals surface area contributed by atoms with Gasteiger partial charge in [-0.3, -0.25) is 10.1 Å². The van der Waals surface area contributed by atoms with Crippen LogP contribution in [0.4, 0.5) is 6.01 Å². The molecular weight excluding hydrogens is 298 g/mol. The Labute approximate surface area is 131 Å². The first-order valence-corrected chi connectivity index (χ1v) is 6.74. The van der Waals surface area contributed by atoms with Crippen molar-refractivity contribution in [1.29, 1.82) is 0 Å². The van der Waals surface area contributed by atoms with Crippen LogP contribution in [0, 0.1) is 0 Å². The lowest BCUT2D eigenvalue weighted by molar-refractivity contribution is 0.102. The number of ether oxygens (including phenoxy) is 1. The first-order valence-electron chi connectivity index (χ1n) is 6.74. The summed E-state index contributed by atoms with van der Waals surface area (Å²) in [4.78, 5) is 12.0. The Balaban J connectivity index is 1.76. The van der Waals surface area contributed by atoms with E-state index in [0.717, 1.165) is 0 Å². The van der Waals surface area contributed by atoms with E-state index in [4.69, 9.17) is 9.15 Å². The van der Waals surface area contributed by atoms with Crippen LogP contribution in [-0.2, 0) is 0 Å². The number of aromatic hydroxyl groups is 1. The molecule has 0 aliphatic heterocycles. The van der Waals surface area contributed by atoms with E-state index in [1.807, 2.05) is 0 Å². The van der Waals surface area contributed by atoms with Crippen molar-refractivity contribution in [3.63, 3.8) is 0 Å². The Kier molecular flexibility index (Phi) is 3.92. The highest BCUT2D eigenvalue weighted by Gasteiger charge is 2.15. The van der Waals surface area contributed by atoms with Gasteiger partial charge in [0.15, 0.2) is 0 Å². The number of carbonyl (C=O) groups excluding carboxylic acids is 1. The first kappa shape index (κ1) is 14.6. The van der Waals surface area contributed by atoms with Crippen LogP contribution in [0.3, 0.4) is 0 Å². The predicted octanol–water partition coefficient (Wildman–Crippen LogP) is 2.70. The lowest BCUT2D eigenvalue weighted by atomic mass is 10.2. The lowest BCUT2D eigenvalue weighted by Gasteiger charge is -2.02. The van der Waals surface area contributed by atoms with Gasteiger partial charge >= 0.3 is 6.01 Å². The summed E-state index contributed by atoms with van der Waals surface area (Å²) in [5.74, 6) is 0.314. The molecule has 0 fully saturated rings. The molecule has 0 atom stereocenters. The highest BCUT2D eigenvalue weighted by Crippen LogP contribution is 2.23. The quantitative estimate of drug-likeness (QED) is 0.769. The molecule has 7 nitrogen and oxygen atoms in total. The molecule has 3 rings (SSSR count). The van der Waals surface area contributed by atoms with E-state index >= 15 is 0 Å². The molecule has 0 aliphatic rings. The van der Waals surface area contributed by atoms with Crippen molar-refractivity contribution >= 4 is 11.9 Å². The van der Waals surface area contributed by atoms with Crippen molar-refractivity contribution in [1.82, 2.24) is 10.2 Å². The van der Waals surface area contributed by atoms with E-state index in [0.29, 0.717) is 11.3 Å². The molecule has 0 unspecified atom stereocenters. The van der Waals surface area contributed by atoms with E-state index < -0.39 is 5.91 Å². The number of rotatable bonds is 4. The molecule has 1 amide bonds. The average Bonchev–Trinajstić information content (AvgIpc) is 3.03. The fourth-order valence-electron chi connectivity index (χ4n) is 1.95. The third kappa shape index (κ3) is 3.13. The Hall–Kier alpha value is -3.35. The number of benzene rings is 2. The minimum absolute atomic E-state index is 0.0518. The molecule has 0 spiro atoms. The number of amides is 1. The third-order valence-corrected chi connectivity index (χ3v) is 3.13. The van der Waals surface area contributed by atoms with Crippen molar-refractivity contribution in [2.24, 2.45) is 0 Å². The van der Waals surface area contributed by atoms with Crippen molar-refractivity contribution in [2.75, 3.05) is 12.4 Å². The summed E-state index contributed by atoms with van der Waals surface area (Å²) < 4.78 is 10.5. The number of hydrogen-bond acceptors (Lipinski definition) is 6. The smallest absolute Gasteiger partial charge is 0.322 e. The second-order valence-corrected chi connectivity index (χ2v) is 4.61. The molecule has 1 aromatic heterocycles. The van der Waals surface area contributed by atoms with E-state index in [-0.39, 0.29) is 23.2 Å². The number of para-hydroxylation sites is 1. The van der Waals surface area contributed by atoms with Crippen LogP contribution in [-0.4, -0.2) is 28.3 Å². The zero-order chi connectivity index (χ0) is 16.2. The molecule has 0 bridgehead atoms. The van der Waals surface area contributed by atoms with Crippen LogP contribution in [0.2, 0.25) is 0 Å². The van der Waals surface area contributed by atoms with E-state index in [1.165, 1.54) is 12.1 Å². The Bertz CT molecular complexity index is 827. The second kappa shape index (κ2) is 6.18. The second-order valence-electron chi connectivity index (χ2n) is 4.61. The van der Waals surface area contributed by atoms with Gasteiger partial charge in [0, 0.05) is 5.56 Å². The molecule has 0 saturated heterocycles. The van der Waals surface area contributed by atoms with Crippen molar-refractivity contribution in [3.8, 4) is 23.0 Å². The summed E-state index contributed by atoms with van der Waals surface area (Å²) in [6.07, 6.45) is 0. The monoisotopic (exact) mass is 311 g/mol. The first-order chi connectivity index (χ1) is 11.2. The molecule has 2 N–H and O–H groups in total. The number of methoxy groups -OCH3 is 1. The predicted molar refractivity (Wildman–Crippen MR) is 82.3 cm³/mol. The summed E-state index contributed by atoms with van der Waals surface area (Å²) in [6, 6.07) is 13.2. The van der Waals surface area contributed by atoms with Gasteiger partial charge in [-0.2, -0.15) is 0 Å². The SMILES string of the molecule is COc1ccc(-c2nnc(NC(=O)c3ccccc3O)o2)cc1. The van der Waals surface area contributed by atoms with Gasteiger partial charge < -0.3 is 14.3 Å². The summed E-state index contributed by atoms with van der Waals surface area (Å²) in [7, 11) is 1.58. The minimum Gasteiger partial charge on any atom is -0.507 e. The lowest BCUT2D eigenvalue weighted by Crippen LogP contribution is -2.12. The van der Waals surface area contributed by atoms with Gasteiger partial charge in [0.1, 0.15) is 11.5 Å². The molecular formula is C16H13N3O4. The normalized spacial score (nSPS) is 10.3. The van der Waals surface area contributed by atoms with Gasteiger partial charge in [-0.15, -0.1) is 5.10 Å². The Morgan fingerprint density at radius 3 is 2.57 bits per heavy atom. The van der Waals surface area contributed by atoms with Gasteiger partial charge in [-0.1, -0.05) is 17.2 Å². The largest absolute Gasteiger partial charge is 0.507 e. The maximum Gasteiger partial charge on any atom is 0.322 e. The van der Waals surface area contributed by atoms with E-state index in [9.17, 15) is 9.90 Å². The topological polar surface area (TPSA) is 97.5 Å². The number of phenols is 1. The van der Waals surface area contributed by atoms with Crippen LogP contribution >= 0.6 is 0 Å². The van der Waals surface area contributed by atoms with Gasteiger partial charge in [0.05, 0.1) is 12.7 Å². The highest BCUT2D eigenvalue weighted by molar-refractivity contribution is 6.05. The summed E-state index contributed by atoms with van der Waals surface area (Å²) >= 11 is 0. The number of carbonyl (C=O) groups is 1. The van der Waals surface area contributed by atoms with Gasteiger partial charge in [-0.25, -0.2) is 0 Å². The number of phenolic OH excluding ortho intramolecular Hbond substituents is 1. The molecule has 116 valence electrons. The van der Waals surface area contributed by atoms with Crippen LogP contribution < -0.4 is 10.1 Å². The molecule has 7 heteroatoms. The van der Waals surface area contributed by atoms with Crippen molar-refractivity contribution < 1.29 is 19.1 Å². The molecule has 0 aliphatic carbocycles. The summed E-state index contributed by atoms with van der Waals surface area (Å²) in [5.41, 5.74) is 0.818. The average molecular weight is 311 g/mol. The number of nitrogens with zero attached hydrogens (tertiary/aromatic N) is 2. The van der Waals surface area contributed by atoms with Gasteiger partial charge in [-0.05, 0) is 36.4 Å². The van der Waals surface area contributed by atoms with Crippen molar-refractivity contribution in [2.45, 2.75) is 0 Å². The van der Waals surface area contributed by atoms with Gasteiger partial charge in [0.2, 0.25) is 5.89 Å². The molecule has 23 heavy (non-hydrogen) atoms. The number of aromatic nitrogens is 2. The zero-order valence-electron chi connectivity index (χ0n) is 12.2. The molecule has 1 heterocycles. The van der Waals surface area contributed by atoms with Crippen LogP contribution in [0.15, 0.2) is 52.9 Å². The van der Waals surface area contributed by atoms with Crippen LogP contribution in [0.5, 0.6) is 11.5 Å². The zero-order valence-corrected chi connectivity index (χ0v) is 12.2. The Morgan fingerprint density at radius 1 is 1.13 bits per heavy atom. The fourth-order valence-corrected chi connectivity index (χ4v) is 1.95. The summed E-state index contributed by atoms with van der Waals surface area (Å²) in [5, 5.41) is 19.7. The van der Waals surface area contributed by atoms with Crippen molar-refractivity contribution in [3.05, 3.63) is 54.1 Å². The van der Waals surface area contributed by atoms with Gasteiger partial charge in [0.25, 0.3) is 5.91 Å². The van der Waals surface area contributed by atoms with Crippen LogP contribution in [0.1, 0.15) is 10.4 Å². The highest BCUT2D eigenvalue weighted by atomic mass is 16.5. The molecule has 2 aromatic carbocycles. The maximum atomic E-state index is 12.0. The molecule has 3 aromatic rings. The van der Waals surface area contributed by atoms with E-state index in [2.05, 4.69) is 15.5 Å².